The Bertz CT molecular complexity index is 644. The van der Waals surface area contributed by atoms with Crippen molar-refractivity contribution >= 4 is 31.9 Å². The Hall–Kier alpha value is -0.840. The van der Waals surface area contributed by atoms with Crippen LogP contribution in [0, 0.1) is 0 Å². The first-order valence-corrected chi connectivity index (χ1v) is 8.66. The van der Waals surface area contributed by atoms with Crippen LogP contribution in [0.1, 0.15) is 36.6 Å². The number of fused-ring (bicyclic) bond motifs is 1. The number of hydrogen-bond acceptors (Lipinski definition) is 2. The molecule has 1 heterocycles. The summed E-state index contributed by atoms with van der Waals surface area (Å²) in [4.78, 5) is 0. The zero-order valence-electron chi connectivity index (χ0n) is 11.8. The number of benzene rings is 2. The highest BCUT2D eigenvalue weighted by Gasteiger charge is 2.23. The SMILES string of the molecule is C[C@@H](NC1CCOc2ccc(Br)cc21)c1ccccc1Br. The van der Waals surface area contributed by atoms with E-state index in [0.717, 1.165) is 27.7 Å². The van der Waals surface area contributed by atoms with Gasteiger partial charge in [-0.15, -0.1) is 0 Å². The van der Waals surface area contributed by atoms with Gasteiger partial charge in [0.25, 0.3) is 0 Å². The highest BCUT2D eigenvalue weighted by Crippen LogP contribution is 2.36. The quantitative estimate of drug-likeness (QED) is 0.732. The summed E-state index contributed by atoms with van der Waals surface area (Å²) in [5.74, 6) is 0.987. The van der Waals surface area contributed by atoms with Crippen molar-refractivity contribution in [1.29, 1.82) is 0 Å². The van der Waals surface area contributed by atoms with Crippen LogP contribution in [0.25, 0.3) is 0 Å². The molecule has 2 nitrogen and oxygen atoms in total. The molecule has 0 saturated heterocycles. The van der Waals surface area contributed by atoms with Crippen molar-refractivity contribution in [2.75, 3.05) is 6.61 Å². The van der Waals surface area contributed by atoms with Crippen LogP contribution in [0.15, 0.2) is 51.4 Å². The van der Waals surface area contributed by atoms with Gasteiger partial charge in [-0.25, -0.2) is 0 Å². The maximum Gasteiger partial charge on any atom is 0.124 e. The number of nitrogens with one attached hydrogen (secondary N) is 1. The van der Waals surface area contributed by atoms with Crippen LogP contribution >= 0.6 is 31.9 Å². The molecule has 1 aliphatic heterocycles. The van der Waals surface area contributed by atoms with Crippen molar-refractivity contribution in [3.8, 4) is 5.75 Å². The normalized spacial score (nSPS) is 18.7. The molecule has 1 N–H and O–H groups in total. The molecule has 4 heteroatoms. The molecule has 1 unspecified atom stereocenters. The van der Waals surface area contributed by atoms with E-state index < -0.39 is 0 Å². The van der Waals surface area contributed by atoms with Gasteiger partial charge in [-0.2, -0.15) is 0 Å². The van der Waals surface area contributed by atoms with Gasteiger partial charge in [0.1, 0.15) is 5.75 Å². The van der Waals surface area contributed by atoms with Crippen LogP contribution in [-0.2, 0) is 0 Å². The molecule has 0 aromatic heterocycles. The van der Waals surface area contributed by atoms with E-state index in [1.807, 2.05) is 18.2 Å². The Balaban J connectivity index is 1.83. The lowest BCUT2D eigenvalue weighted by Crippen LogP contribution is -2.29. The van der Waals surface area contributed by atoms with Gasteiger partial charge in [0.05, 0.1) is 6.61 Å². The van der Waals surface area contributed by atoms with Gasteiger partial charge in [0, 0.05) is 33.0 Å². The van der Waals surface area contributed by atoms with Crippen LogP contribution in [0.2, 0.25) is 0 Å². The molecule has 2 aromatic carbocycles. The smallest absolute Gasteiger partial charge is 0.124 e. The molecule has 0 amide bonds. The highest BCUT2D eigenvalue weighted by atomic mass is 79.9. The van der Waals surface area contributed by atoms with Crippen LogP contribution in [-0.4, -0.2) is 6.61 Å². The topological polar surface area (TPSA) is 21.3 Å². The Morgan fingerprint density at radius 3 is 2.81 bits per heavy atom. The maximum atomic E-state index is 5.75. The molecule has 2 atom stereocenters. The first kappa shape index (κ1) is 15.1. The van der Waals surface area contributed by atoms with Crippen LogP contribution in [0.5, 0.6) is 5.75 Å². The summed E-state index contributed by atoms with van der Waals surface area (Å²) in [5.41, 5.74) is 2.51. The minimum atomic E-state index is 0.274. The standard InChI is InChI=1S/C17H17Br2NO/c1-11(13-4-2-3-5-15(13)19)20-16-8-9-21-17-7-6-12(18)10-14(16)17/h2-7,10-11,16,20H,8-9H2,1H3/t11-,16?/m1/s1. The molecular weight excluding hydrogens is 394 g/mol. The third-order valence-electron chi connectivity index (χ3n) is 3.83. The first-order chi connectivity index (χ1) is 10.1. The van der Waals surface area contributed by atoms with Crippen molar-refractivity contribution < 1.29 is 4.74 Å². The number of ether oxygens (including phenoxy) is 1. The molecule has 0 fully saturated rings. The van der Waals surface area contributed by atoms with Gasteiger partial charge in [0.2, 0.25) is 0 Å². The van der Waals surface area contributed by atoms with E-state index in [0.29, 0.717) is 6.04 Å². The van der Waals surface area contributed by atoms with E-state index in [2.05, 4.69) is 68.4 Å². The third-order valence-corrected chi connectivity index (χ3v) is 5.05. The van der Waals surface area contributed by atoms with Crippen molar-refractivity contribution in [2.24, 2.45) is 0 Å². The second-order valence-corrected chi connectivity index (χ2v) is 7.05. The van der Waals surface area contributed by atoms with E-state index in [1.54, 1.807) is 0 Å². The van der Waals surface area contributed by atoms with Crippen molar-refractivity contribution in [3.05, 3.63) is 62.5 Å². The predicted octanol–water partition coefficient (Wildman–Crippen LogP) is 5.39. The van der Waals surface area contributed by atoms with Gasteiger partial charge in [-0.1, -0.05) is 50.1 Å². The Morgan fingerprint density at radius 2 is 2.00 bits per heavy atom. The molecule has 2 aromatic rings. The van der Waals surface area contributed by atoms with Crippen molar-refractivity contribution in [3.63, 3.8) is 0 Å². The fourth-order valence-electron chi connectivity index (χ4n) is 2.76. The second kappa shape index (κ2) is 6.51. The maximum absolute atomic E-state index is 5.75. The molecule has 0 saturated carbocycles. The van der Waals surface area contributed by atoms with Gasteiger partial charge in [0.15, 0.2) is 0 Å². The Kier molecular flexibility index (Phi) is 4.67. The number of halogens is 2. The average Bonchev–Trinajstić information content (AvgIpc) is 2.48. The summed E-state index contributed by atoms with van der Waals surface area (Å²) in [6.45, 7) is 2.96. The van der Waals surface area contributed by atoms with Crippen molar-refractivity contribution in [2.45, 2.75) is 25.4 Å². The number of rotatable bonds is 3. The second-order valence-electron chi connectivity index (χ2n) is 5.28. The average molecular weight is 411 g/mol. The van der Waals surface area contributed by atoms with E-state index >= 15 is 0 Å². The molecular formula is C17H17Br2NO. The van der Waals surface area contributed by atoms with Crippen molar-refractivity contribution in [1.82, 2.24) is 5.32 Å². The Morgan fingerprint density at radius 1 is 1.19 bits per heavy atom. The lowest BCUT2D eigenvalue weighted by atomic mass is 9.98. The van der Waals surface area contributed by atoms with Crippen LogP contribution in [0.4, 0.5) is 0 Å². The Labute approximate surface area is 142 Å². The van der Waals surface area contributed by atoms with Gasteiger partial charge in [-0.3, -0.25) is 0 Å². The van der Waals surface area contributed by atoms with Gasteiger partial charge < -0.3 is 10.1 Å². The van der Waals surface area contributed by atoms with E-state index in [-0.39, 0.29) is 6.04 Å². The molecule has 1 aliphatic rings. The minimum absolute atomic E-state index is 0.274. The van der Waals surface area contributed by atoms with Gasteiger partial charge >= 0.3 is 0 Å². The van der Waals surface area contributed by atoms with E-state index in [4.69, 9.17) is 4.74 Å². The summed E-state index contributed by atoms with van der Waals surface area (Å²) in [5, 5.41) is 3.73. The summed E-state index contributed by atoms with van der Waals surface area (Å²) >= 11 is 7.18. The molecule has 110 valence electrons. The molecule has 0 spiro atoms. The fourth-order valence-corrected chi connectivity index (χ4v) is 3.76. The zero-order chi connectivity index (χ0) is 14.8. The molecule has 21 heavy (non-hydrogen) atoms. The molecule has 0 bridgehead atoms. The fraction of sp³-hybridized carbons (Fsp3) is 0.294. The van der Waals surface area contributed by atoms with Crippen LogP contribution < -0.4 is 10.1 Å². The van der Waals surface area contributed by atoms with E-state index in [1.165, 1.54) is 11.1 Å². The molecule has 0 aliphatic carbocycles. The lowest BCUT2D eigenvalue weighted by Gasteiger charge is -2.30. The summed E-state index contributed by atoms with van der Waals surface area (Å²) in [6.07, 6.45) is 0.984. The summed E-state index contributed by atoms with van der Waals surface area (Å²) in [7, 11) is 0. The molecule has 0 radical (unpaired) electrons. The summed E-state index contributed by atoms with van der Waals surface area (Å²) < 4.78 is 7.98. The van der Waals surface area contributed by atoms with Crippen LogP contribution in [0.3, 0.4) is 0 Å². The third kappa shape index (κ3) is 3.33. The largest absolute Gasteiger partial charge is 0.493 e. The van der Waals surface area contributed by atoms with E-state index in [9.17, 15) is 0 Å². The zero-order valence-corrected chi connectivity index (χ0v) is 14.9. The predicted molar refractivity (Wildman–Crippen MR) is 92.7 cm³/mol. The minimum Gasteiger partial charge on any atom is -0.493 e. The van der Waals surface area contributed by atoms with Gasteiger partial charge in [-0.05, 0) is 36.8 Å². The molecule has 3 rings (SSSR count). The summed E-state index contributed by atoms with van der Waals surface area (Å²) in [6, 6.07) is 15.2. The highest BCUT2D eigenvalue weighted by molar-refractivity contribution is 9.10. The first-order valence-electron chi connectivity index (χ1n) is 7.08. The number of hydrogen-bond donors (Lipinski definition) is 1. The lowest BCUT2D eigenvalue weighted by molar-refractivity contribution is 0.246. The monoisotopic (exact) mass is 409 g/mol.